The smallest absolute Gasteiger partial charge is 0.252 e. The van der Waals surface area contributed by atoms with E-state index in [1.54, 1.807) is 12.1 Å². The van der Waals surface area contributed by atoms with Crippen LogP contribution in [0.2, 0.25) is 0 Å². The molecule has 0 fully saturated rings. The van der Waals surface area contributed by atoms with Gasteiger partial charge in [-0.3, -0.25) is 9.78 Å². The second-order valence-corrected chi connectivity index (χ2v) is 5.08. The molecule has 0 spiro atoms. The van der Waals surface area contributed by atoms with Crippen molar-refractivity contribution in [2.45, 2.75) is 13.5 Å². The first kappa shape index (κ1) is 16.6. The fourth-order valence-electron chi connectivity index (χ4n) is 2.10. The van der Waals surface area contributed by atoms with Gasteiger partial charge < -0.3 is 14.6 Å². The van der Waals surface area contributed by atoms with Gasteiger partial charge in [-0.1, -0.05) is 5.16 Å². The summed E-state index contributed by atoms with van der Waals surface area (Å²) in [6, 6.07) is 6.04. The molecule has 3 heterocycles. The zero-order chi connectivity index (χ0) is 17.6. The normalized spacial score (nSPS) is 10.5. The Balaban J connectivity index is 1.67. The summed E-state index contributed by atoms with van der Waals surface area (Å²) in [4.78, 5) is 19.7. The molecule has 8 heteroatoms. The number of nitrogens with zero attached hydrogens (tertiary/aromatic N) is 3. The van der Waals surface area contributed by atoms with Gasteiger partial charge in [-0.25, -0.2) is 9.37 Å². The average Bonchev–Trinajstić information content (AvgIpc) is 3.10. The summed E-state index contributed by atoms with van der Waals surface area (Å²) in [6.07, 6.45) is 3.98. The highest BCUT2D eigenvalue weighted by atomic mass is 19.1. The number of rotatable bonds is 6. The van der Waals surface area contributed by atoms with Crippen molar-refractivity contribution in [1.29, 1.82) is 0 Å². The third-order valence-corrected chi connectivity index (χ3v) is 3.32. The van der Waals surface area contributed by atoms with E-state index in [9.17, 15) is 9.18 Å². The third kappa shape index (κ3) is 3.97. The number of ether oxygens (including phenoxy) is 1. The van der Waals surface area contributed by atoms with E-state index in [0.717, 1.165) is 6.20 Å². The van der Waals surface area contributed by atoms with Crippen molar-refractivity contribution in [1.82, 2.24) is 20.4 Å². The van der Waals surface area contributed by atoms with E-state index < -0.39 is 5.82 Å². The lowest BCUT2D eigenvalue weighted by Crippen LogP contribution is -2.22. The lowest BCUT2D eigenvalue weighted by molar-refractivity contribution is 0.0955. The molecule has 128 valence electrons. The monoisotopic (exact) mass is 342 g/mol. The Hall–Kier alpha value is -3.29. The highest BCUT2D eigenvalue weighted by Crippen LogP contribution is 2.21. The predicted molar refractivity (Wildman–Crippen MR) is 86.3 cm³/mol. The Morgan fingerprint density at radius 1 is 1.24 bits per heavy atom. The van der Waals surface area contributed by atoms with E-state index in [0.29, 0.717) is 34.9 Å². The van der Waals surface area contributed by atoms with Crippen LogP contribution in [0.3, 0.4) is 0 Å². The zero-order valence-corrected chi connectivity index (χ0v) is 13.4. The molecule has 1 amide bonds. The fourth-order valence-corrected chi connectivity index (χ4v) is 2.10. The molecule has 0 saturated heterocycles. The molecule has 3 aromatic rings. The van der Waals surface area contributed by atoms with Crippen LogP contribution in [0.15, 0.2) is 47.4 Å². The van der Waals surface area contributed by atoms with Crippen LogP contribution in [0.1, 0.15) is 22.8 Å². The van der Waals surface area contributed by atoms with Crippen LogP contribution in [-0.4, -0.2) is 27.6 Å². The summed E-state index contributed by atoms with van der Waals surface area (Å²) in [6.45, 7) is 2.53. The quantitative estimate of drug-likeness (QED) is 0.740. The number of halogens is 1. The first-order chi connectivity index (χ1) is 12.2. The molecule has 0 aliphatic carbocycles. The second kappa shape index (κ2) is 7.52. The van der Waals surface area contributed by atoms with Crippen LogP contribution in [0.25, 0.3) is 11.4 Å². The molecule has 1 N–H and O–H groups in total. The number of hydrogen-bond donors (Lipinski definition) is 1. The number of amides is 1. The largest absolute Gasteiger partial charge is 0.473 e. The molecular weight excluding hydrogens is 327 g/mol. The lowest BCUT2D eigenvalue weighted by Gasteiger charge is -2.06. The van der Waals surface area contributed by atoms with Crippen molar-refractivity contribution < 1.29 is 18.4 Å². The minimum atomic E-state index is -0.429. The summed E-state index contributed by atoms with van der Waals surface area (Å²) in [5.41, 5.74) is 2.05. The van der Waals surface area contributed by atoms with Gasteiger partial charge >= 0.3 is 0 Å². The average molecular weight is 342 g/mol. The second-order valence-electron chi connectivity index (χ2n) is 5.08. The number of carbonyl (C=O) groups excluding carboxylic acids is 1. The van der Waals surface area contributed by atoms with Crippen molar-refractivity contribution in [2.75, 3.05) is 6.54 Å². The molecule has 25 heavy (non-hydrogen) atoms. The van der Waals surface area contributed by atoms with Gasteiger partial charge in [0.05, 0.1) is 23.0 Å². The Labute approximate surface area is 142 Å². The molecule has 0 aliphatic rings. The summed E-state index contributed by atoms with van der Waals surface area (Å²) in [5, 5.41) is 6.56. The zero-order valence-electron chi connectivity index (χ0n) is 13.4. The van der Waals surface area contributed by atoms with Crippen molar-refractivity contribution in [3.8, 4) is 17.3 Å². The molecule has 0 unspecified atom stereocenters. The maximum absolute atomic E-state index is 13.0. The minimum absolute atomic E-state index is 0.144. The highest BCUT2D eigenvalue weighted by molar-refractivity contribution is 5.93. The molecule has 0 radical (unpaired) electrons. The third-order valence-electron chi connectivity index (χ3n) is 3.32. The van der Waals surface area contributed by atoms with Gasteiger partial charge in [-0.2, -0.15) is 0 Å². The summed E-state index contributed by atoms with van der Waals surface area (Å²) in [7, 11) is 0. The van der Waals surface area contributed by atoms with Crippen molar-refractivity contribution in [3.05, 3.63) is 59.9 Å². The summed E-state index contributed by atoms with van der Waals surface area (Å²) >= 11 is 0. The van der Waals surface area contributed by atoms with Gasteiger partial charge in [0.2, 0.25) is 5.88 Å². The van der Waals surface area contributed by atoms with E-state index in [-0.39, 0.29) is 12.5 Å². The molecule has 0 atom stereocenters. The molecule has 7 nitrogen and oxygen atoms in total. The number of carbonyl (C=O) groups is 1. The Morgan fingerprint density at radius 2 is 2.12 bits per heavy atom. The van der Waals surface area contributed by atoms with Crippen molar-refractivity contribution in [3.63, 3.8) is 0 Å². The van der Waals surface area contributed by atoms with E-state index >= 15 is 0 Å². The van der Waals surface area contributed by atoms with Crippen LogP contribution in [0.4, 0.5) is 4.39 Å². The van der Waals surface area contributed by atoms with Gasteiger partial charge in [0, 0.05) is 18.8 Å². The molecule has 0 aromatic carbocycles. The van der Waals surface area contributed by atoms with E-state index in [4.69, 9.17) is 9.26 Å². The maximum atomic E-state index is 13.0. The Morgan fingerprint density at radius 3 is 2.80 bits per heavy atom. The molecular formula is C17H15FN4O3. The van der Waals surface area contributed by atoms with Gasteiger partial charge in [0.25, 0.3) is 5.91 Å². The number of pyridine rings is 2. The standard InChI is InChI=1S/C17H15FN4O3/c1-2-19-17(23)11-3-6-15(21-7-11)24-9-12-10-25-22-16(12)14-5-4-13(18)8-20-14/h3-8,10H,2,9H2,1H3,(H,19,23). The molecule has 0 bridgehead atoms. The van der Waals surface area contributed by atoms with E-state index in [1.165, 1.54) is 24.6 Å². The van der Waals surface area contributed by atoms with Crippen LogP contribution in [-0.2, 0) is 6.61 Å². The Kier molecular flexibility index (Phi) is 4.98. The van der Waals surface area contributed by atoms with Crippen LogP contribution in [0, 0.1) is 5.82 Å². The predicted octanol–water partition coefficient (Wildman–Crippen LogP) is 2.60. The van der Waals surface area contributed by atoms with Crippen molar-refractivity contribution in [2.24, 2.45) is 0 Å². The van der Waals surface area contributed by atoms with Gasteiger partial charge in [-0.05, 0) is 25.1 Å². The number of aromatic nitrogens is 3. The number of nitrogens with one attached hydrogen (secondary N) is 1. The molecule has 3 aromatic heterocycles. The molecule has 0 saturated carbocycles. The summed E-state index contributed by atoms with van der Waals surface area (Å²) in [5.74, 6) is -0.265. The highest BCUT2D eigenvalue weighted by Gasteiger charge is 2.13. The Bertz CT molecular complexity index is 847. The number of hydrogen-bond acceptors (Lipinski definition) is 6. The van der Waals surface area contributed by atoms with E-state index in [2.05, 4.69) is 20.4 Å². The molecule has 0 aliphatic heterocycles. The first-order valence-electron chi connectivity index (χ1n) is 7.59. The molecule has 3 rings (SSSR count). The fraction of sp³-hybridized carbons (Fsp3) is 0.176. The lowest BCUT2D eigenvalue weighted by atomic mass is 10.2. The minimum Gasteiger partial charge on any atom is -0.473 e. The van der Waals surface area contributed by atoms with Crippen LogP contribution >= 0.6 is 0 Å². The van der Waals surface area contributed by atoms with E-state index in [1.807, 2.05) is 6.92 Å². The first-order valence-corrected chi connectivity index (χ1v) is 7.59. The van der Waals surface area contributed by atoms with Crippen LogP contribution in [0.5, 0.6) is 5.88 Å². The van der Waals surface area contributed by atoms with Gasteiger partial charge in [0.1, 0.15) is 24.4 Å². The maximum Gasteiger partial charge on any atom is 0.252 e. The summed E-state index contributed by atoms with van der Waals surface area (Å²) < 4.78 is 23.5. The van der Waals surface area contributed by atoms with Gasteiger partial charge in [-0.15, -0.1) is 0 Å². The van der Waals surface area contributed by atoms with Crippen LogP contribution < -0.4 is 10.1 Å². The van der Waals surface area contributed by atoms with Crippen molar-refractivity contribution >= 4 is 5.91 Å². The van der Waals surface area contributed by atoms with Gasteiger partial charge in [0.15, 0.2) is 0 Å². The topological polar surface area (TPSA) is 90.1 Å². The SMILES string of the molecule is CCNC(=O)c1ccc(OCc2conc2-c2ccc(F)cn2)nc1.